The Bertz CT molecular complexity index is 425. The van der Waals surface area contributed by atoms with Crippen molar-refractivity contribution in [3.05, 3.63) is 23.9 Å². The molecule has 1 heterocycles. The highest BCUT2D eigenvalue weighted by atomic mass is 16.4. The summed E-state index contributed by atoms with van der Waals surface area (Å²) in [5.41, 5.74) is 0.0704. The lowest BCUT2D eigenvalue weighted by molar-refractivity contribution is 0.0690. The van der Waals surface area contributed by atoms with Gasteiger partial charge in [-0.1, -0.05) is 6.07 Å². The van der Waals surface area contributed by atoms with E-state index in [0.717, 1.165) is 19.5 Å². The van der Waals surface area contributed by atoms with Crippen molar-refractivity contribution in [3.8, 4) is 0 Å². The summed E-state index contributed by atoms with van der Waals surface area (Å²) in [6, 6.07) is 6.04. The summed E-state index contributed by atoms with van der Waals surface area (Å²) in [6.45, 7) is 10.6. The molecule has 20 heavy (non-hydrogen) atoms. The maximum absolute atomic E-state index is 10.8. The Morgan fingerprint density at radius 2 is 1.95 bits per heavy atom. The predicted octanol–water partition coefficient (Wildman–Crippen LogP) is 2.70. The van der Waals surface area contributed by atoms with E-state index in [9.17, 15) is 4.79 Å². The number of hydrogen-bond acceptors (Lipinski definition) is 4. The Balaban J connectivity index is 2.41. The summed E-state index contributed by atoms with van der Waals surface area (Å²) in [6.07, 6.45) is 0.995. The molecule has 0 aliphatic heterocycles. The standard InChI is InChI=1S/C15H25N3O2/c1-11(2)18(12(3)4)10-6-9-16-14-8-5-7-13(17-14)15(19)20/h5,7-8,11-12H,6,9-10H2,1-4H3,(H,16,17)(H,19,20). The van der Waals surface area contributed by atoms with Crippen LogP contribution in [0.15, 0.2) is 18.2 Å². The molecule has 0 amide bonds. The van der Waals surface area contributed by atoms with Gasteiger partial charge in [-0.3, -0.25) is 4.90 Å². The molecule has 0 bridgehead atoms. The van der Waals surface area contributed by atoms with Gasteiger partial charge in [0.05, 0.1) is 0 Å². The molecular formula is C15H25N3O2. The van der Waals surface area contributed by atoms with E-state index in [2.05, 4.69) is 42.9 Å². The SMILES string of the molecule is CC(C)N(CCCNc1cccc(C(=O)O)n1)C(C)C. The number of carboxylic acids is 1. The van der Waals surface area contributed by atoms with E-state index >= 15 is 0 Å². The van der Waals surface area contributed by atoms with Crippen LogP contribution in [0.4, 0.5) is 5.82 Å². The molecule has 0 atom stereocenters. The summed E-state index contributed by atoms with van der Waals surface area (Å²) in [7, 11) is 0. The molecule has 0 radical (unpaired) electrons. The Morgan fingerprint density at radius 3 is 2.50 bits per heavy atom. The Morgan fingerprint density at radius 1 is 1.30 bits per heavy atom. The molecule has 0 saturated heterocycles. The van der Waals surface area contributed by atoms with E-state index in [-0.39, 0.29) is 5.69 Å². The van der Waals surface area contributed by atoms with Crippen molar-refractivity contribution in [2.45, 2.75) is 46.2 Å². The second-order valence-electron chi connectivity index (χ2n) is 5.42. The first-order chi connectivity index (χ1) is 9.41. The van der Waals surface area contributed by atoms with Crippen LogP contribution in [0.2, 0.25) is 0 Å². The zero-order chi connectivity index (χ0) is 15.1. The topological polar surface area (TPSA) is 65.5 Å². The lowest BCUT2D eigenvalue weighted by Crippen LogP contribution is -2.38. The van der Waals surface area contributed by atoms with Crippen LogP contribution in [-0.2, 0) is 0 Å². The molecule has 1 aromatic rings. The number of hydrogen-bond donors (Lipinski definition) is 2. The van der Waals surface area contributed by atoms with Crippen molar-refractivity contribution in [2.75, 3.05) is 18.4 Å². The van der Waals surface area contributed by atoms with Gasteiger partial charge in [0.25, 0.3) is 0 Å². The maximum atomic E-state index is 10.8. The zero-order valence-corrected chi connectivity index (χ0v) is 12.8. The highest BCUT2D eigenvalue weighted by molar-refractivity contribution is 5.85. The van der Waals surface area contributed by atoms with E-state index in [4.69, 9.17) is 5.11 Å². The van der Waals surface area contributed by atoms with Crippen molar-refractivity contribution < 1.29 is 9.90 Å². The lowest BCUT2D eigenvalue weighted by Gasteiger charge is -2.30. The first-order valence-electron chi connectivity index (χ1n) is 7.11. The predicted molar refractivity (Wildman–Crippen MR) is 81.3 cm³/mol. The van der Waals surface area contributed by atoms with Gasteiger partial charge >= 0.3 is 5.97 Å². The zero-order valence-electron chi connectivity index (χ0n) is 12.8. The number of carbonyl (C=O) groups is 1. The third-order valence-corrected chi connectivity index (χ3v) is 3.19. The van der Waals surface area contributed by atoms with Crippen LogP contribution in [0.1, 0.15) is 44.6 Å². The summed E-state index contributed by atoms with van der Waals surface area (Å²) >= 11 is 0. The fourth-order valence-electron chi connectivity index (χ4n) is 2.24. The van der Waals surface area contributed by atoms with Gasteiger partial charge in [-0.05, 0) is 46.2 Å². The van der Waals surface area contributed by atoms with Crippen molar-refractivity contribution in [1.29, 1.82) is 0 Å². The van der Waals surface area contributed by atoms with Crippen LogP contribution >= 0.6 is 0 Å². The molecule has 1 rings (SSSR count). The van der Waals surface area contributed by atoms with Crippen LogP contribution in [-0.4, -0.2) is 46.1 Å². The molecule has 5 nitrogen and oxygen atoms in total. The minimum Gasteiger partial charge on any atom is -0.477 e. The number of rotatable bonds is 8. The Kier molecular flexibility index (Phi) is 6.45. The van der Waals surface area contributed by atoms with Crippen molar-refractivity contribution >= 4 is 11.8 Å². The van der Waals surface area contributed by atoms with Crippen LogP contribution in [0.3, 0.4) is 0 Å². The van der Waals surface area contributed by atoms with Crippen molar-refractivity contribution in [2.24, 2.45) is 0 Å². The smallest absolute Gasteiger partial charge is 0.354 e. The van der Waals surface area contributed by atoms with E-state index < -0.39 is 5.97 Å². The van der Waals surface area contributed by atoms with Crippen LogP contribution < -0.4 is 5.32 Å². The molecular weight excluding hydrogens is 254 g/mol. The number of aromatic carboxylic acids is 1. The second kappa shape index (κ2) is 7.85. The summed E-state index contributed by atoms with van der Waals surface area (Å²) in [4.78, 5) is 17.3. The van der Waals surface area contributed by atoms with E-state index in [1.54, 1.807) is 12.1 Å². The minimum absolute atomic E-state index is 0.0704. The Hall–Kier alpha value is -1.62. The number of aromatic nitrogens is 1. The second-order valence-corrected chi connectivity index (χ2v) is 5.42. The first-order valence-corrected chi connectivity index (χ1v) is 7.11. The van der Waals surface area contributed by atoms with Crippen molar-refractivity contribution in [1.82, 2.24) is 9.88 Å². The summed E-state index contributed by atoms with van der Waals surface area (Å²) < 4.78 is 0. The minimum atomic E-state index is -1.00. The quantitative estimate of drug-likeness (QED) is 0.716. The molecule has 0 aliphatic carbocycles. The van der Waals surface area contributed by atoms with Gasteiger partial charge in [-0.25, -0.2) is 9.78 Å². The van der Waals surface area contributed by atoms with Gasteiger partial charge in [-0.15, -0.1) is 0 Å². The average Bonchev–Trinajstić information content (AvgIpc) is 2.37. The van der Waals surface area contributed by atoms with Crippen LogP contribution in [0.5, 0.6) is 0 Å². The third-order valence-electron chi connectivity index (χ3n) is 3.19. The molecule has 1 aromatic heterocycles. The van der Waals surface area contributed by atoms with Gasteiger partial charge in [0, 0.05) is 25.2 Å². The highest BCUT2D eigenvalue weighted by Crippen LogP contribution is 2.07. The summed E-state index contributed by atoms with van der Waals surface area (Å²) in [5.74, 6) is -0.384. The van der Waals surface area contributed by atoms with Gasteiger partial charge in [-0.2, -0.15) is 0 Å². The van der Waals surface area contributed by atoms with Gasteiger partial charge < -0.3 is 10.4 Å². The fraction of sp³-hybridized carbons (Fsp3) is 0.600. The normalized spacial score (nSPS) is 11.3. The molecule has 0 fully saturated rings. The van der Waals surface area contributed by atoms with Crippen molar-refractivity contribution in [3.63, 3.8) is 0 Å². The molecule has 0 unspecified atom stereocenters. The van der Waals surface area contributed by atoms with E-state index in [1.165, 1.54) is 6.07 Å². The molecule has 0 saturated carbocycles. The monoisotopic (exact) mass is 279 g/mol. The fourth-order valence-corrected chi connectivity index (χ4v) is 2.24. The molecule has 112 valence electrons. The molecule has 0 aromatic carbocycles. The number of pyridine rings is 1. The number of anilines is 1. The van der Waals surface area contributed by atoms with Gasteiger partial charge in [0.2, 0.25) is 0 Å². The molecule has 0 spiro atoms. The lowest BCUT2D eigenvalue weighted by atomic mass is 10.2. The molecule has 5 heteroatoms. The number of nitrogens with zero attached hydrogens (tertiary/aromatic N) is 2. The summed E-state index contributed by atoms with van der Waals surface area (Å²) in [5, 5.41) is 12.1. The largest absolute Gasteiger partial charge is 0.477 e. The van der Waals surface area contributed by atoms with Crippen LogP contribution in [0, 0.1) is 0 Å². The Labute approximate surface area is 121 Å². The van der Waals surface area contributed by atoms with Gasteiger partial charge in [0.1, 0.15) is 5.82 Å². The van der Waals surface area contributed by atoms with Crippen LogP contribution in [0.25, 0.3) is 0 Å². The van der Waals surface area contributed by atoms with E-state index in [1.807, 2.05) is 0 Å². The first kappa shape index (κ1) is 16.4. The number of nitrogens with one attached hydrogen (secondary N) is 1. The molecule has 0 aliphatic rings. The highest BCUT2D eigenvalue weighted by Gasteiger charge is 2.12. The molecule has 2 N–H and O–H groups in total. The maximum Gasteiger partial charge on any atom is 0.354 e. The van der Waals surface area contributed by atoms with E-state index in [0.29, 0.717) is 17.9 Å². The van der Waals surface area contributed by atoms with Gasteiger partial charge in [0.15, 0.2) is 5.69 Å². The number of carboxylic acid groups (broad SMARTS) is 1. The average molecular weight is 279 g/mol. The third kappa shape index (κ3) is 5.17.